The van der Waals surface area contributed by atoms with E-state index in [2.05, 4.69) is 63.9 Å². The molecular weight excluding hydrogens is 607 g/mol. The van der Waals surface area contributed by atoms with Crippen molar-refractivity contribution in [3.05, 3.63) is 72.1 Å². The highest BCUT2D eigenvalue weighted by Crippen LogP contribution is 2.38. The fourth-order valence-electron chi connectivity index (χ4n) is 5.15. The van der Waals surface area contributed by atoms with Gasteiger partial charge in [-0.25, -0.2) is 0 Å². The molecule has 1 aromatic rings. The number of allylic oxidation sites excluding steroid dienone is 5. The highest BCUT2D eigenvalue weighted by atomic mass is 127. The van der Waals surface area contributed by atoms with Crippen LogP contribution in [0.2, 0.25) is 0 Å². The summed E-state index contributed by atoms with van der Waals surface area (Å²) in [6, 6.07) is 0.296. The van der Waals surface area contributed by atoms with Crippen molar-refractivity contribution in [1.29, 1.82) is 0 Å². The van der Waals surface area contributed by atoms with Crippen LogP contribution in [0.4, 0.5) is 5.82 Å². The van der Waals surface area contributed by atoms with E-state index >= 15 is 0 Å². The number of amides is 1. The Balaban J connectivity index is 1.67. The summed E-state index contributed by atoms with van der Waals surface area (Å²) in [6.45, 7) is 18.3. The summed E-state index contributed by atoms with van der Waals surface area (Å²) in [6.07, 6.45) is 12.3. The van der Waals surface area contributed by atoms with Gasteiger partial charge in [-0.2, -0.15) is 10.2 Å². The number of hydrazone groups is 1. The minimum Gasteiger partial charge on any atom is -0.381 e. The van der Waals surface area contributed by atoms with Crippen LogP contribution in [-0.2, 0) is 27.2 Å². The third-order valence-corrected chi connectivity index (χ3v) is 8.55. The quantitative estimate of drug-likeness (QED) is 0.125. The van der Waals surface area contributed by atoms with Gasteiger partial charge in [-0.1, -0.05) is 38.0 Å². The van der Waals surface area contributed by atoms with Gasteiger partial charge in [0, 0.05) is 75.2 Å². The van der Waals surface area contributed by atoms with Crippen LogP contribution in [0.3, 0.4) is 0 Å². The van der Waals surface area contributed by atoms with Crippen LogP contribution in [0.15, 0.2) is 66.0 Å². The van der Waals surface area contributed by atoms with Gasteiger partial charge in [0.2, 0.25) is 5.91 Å². The van der Waals surface area contributed by atoms with Crippen LogP contribution in [0.5, 0.6) is 0 Å². The average molecular weight is 647 g/mol. The monoisotopic (exact) mass is 646 g/mol. The molecule has 2 fully saturated rings. The van der Waals surface area contributed by atoms with E-state index in [0.717, 1.165) is 60.7 Å². The van der Waals surface area contributed by atoms with Gasteiger partial charge in [0.05, 0.1) is 48.7 Å². The van der Waals surface area contributed by atoms with E-state index < -0.39 is 0 Å². The van der Waals surface area contributed by atoms with E-state index in [0.29, 0.717) is 32.3 Å². The van der Waals surface area contributed by atoms with Gasteiger partial charge in [0.15, 0.2) is 5.82 Å². The molecular formula is C29H39IN6O3. The van der Waals surface area contributed by atoms with Gasteiger partial charge < -0.3 is 19.8 Å². The van der Waals surface area contributed by atoms with Crippen LogP contribution in [-0.4, -0.2) is 66.8 Å². The maximum atomic E-state index is 12.3. The van der Waals surface area contributed by atoms with Gasteiger partial charge >= 0.3 is 0 Å². The summed E-state index contributed by atoms with van der Waals surface area (Å²) in [5.74, 6) is 1.03. The maximum absolute atomic E-state index is 12.3. The summed E-state index contributed by atoms with van der Waals surface area (Å²) in [4.78, 5) is 14.2. The fraction of sp³-hybridized carbons (Fsp3) is 0.483. The number of halogens is 1. The van der Waals surface area contributed by atoms with Gasteiger partial charge in [-0.05, 0) is 30.1 Å². The number of ether oxygens (including phenoxy) is 2. The van der Waals surface area contributed by atoms with E-state index in [-0.39, 0.29) is 17.7 Å². The van der Waals surface area contributed by atoms with Crippen LogP contribution < -0.4 is 8.54 Å². The zero-order valence-electron chi connectivity index (χ0n) is 22.9. The number of rotatable bonds is 11. The first-order valence-corrected chi connectivity index (χ1v) is 14.4. The number of carbonyl (C=O) groups is 1. The summed E-state index contributed by atoms with van der Waals surface area (Å²) in [5.41, 5.74) is 7.93. The predicted octanol–water partition coefficient (Wildman–Crippen LogP) is 4.50. The number of nitrogens with one attached hydrogen (secondary N) is 1. The first-order valence-electron chi connectivity index (χ1n) is 13.4. The second-order valence-corrected chi connectivity index (χ2v) is 11.0. The Morgan fingerprint density at radius 3 is 2.64 bits per heavy atom. The highest BCUT2D eigenvalue weighted by Gasteiger charge is 2.32. The minimum atomic E-state index is -0.109. The number of anilines is 1. The molecule has 4 rings (SSSR count). The van der Waals surface area contributed by atoms with Crippen LogP contribution in [0.25, 0.3) is 0 Å². The third-order valence-electron chi connectivity index (χ3n) is 7.48. The lowest BCUT2D eigenvalue weighted by molar-refractivity contribution is -0.129. The second-order valence-electron chi connectivity index (χ2n) is 10.0. The van der Waals surface area contributed by atoms with E-state index in [1.54, 1.807) is 20.0 Å². The van der Waals surface area contributed by atoms with Gasteiger partial charge in [-0.15, -0.1) is 0 Å². The van der Waals surface area contributed by atoms with Crippen LogP contribution >= 0.6 is 22.9 Å². The zero-order valence-corrected chi connectivity index (χ0v) is 25.1. The predicted molar refractivity (Wildman–Crippen MR) is 164 cm³/mol. The maximum Gasteiger partial charge on any atom is 0.219 e. The molecule has 39 heavy (non-hydrogen) atoms. The van der Waals surface area contributed by atoms with E-state index in [1.807, 2.05) is 26.4 Å². The van der Waals surface area contributed by atoms with Crippen molar-refractivity contribution in [2.45, 2.75) is 38.8 Å². The number of hydrogen-bond acceptors (Lipinski definition) is 7. The second kappa shape index (κ2) is 13.6. The number of hydrogen-bond donors (Lipinski definition) is 1. The topological polar surface area (TPSA) is 84.2 Å². The van der Waals surface area contributed by atoms with E-state index in [1.165, 1.54) is 5.69 Å². The SMILES string of the molecule is C=C/C=C/C(/C=N\NC)C(=C)/C(=C\C(=C)N(I)c1nn(C2CCOCC2)c2c1CN(C(C)=O)CC2)C1COC1. The molecule has 1 N–H and O–H groups in total. The largest absolute Gasteiger partial charge is 0.381 e. The molecule has 0 aromatic carbocycles. The molecule has 0 radical (unpaired) electrons. The van der Waals surface area contributed by atoms with Crippen LogP contribution in [0.1, 0.15) is 37.1 Å². The lowest BCUT2D eigenvalue weighted by Crippen LogP contribution is -2.35. The molecule has 210 valence electrons. The lowest BCUT2D eigenvalue weighted by Gasteiger charge is -2.32. The number of carbonyl (C=O) groups excluding carboxylic acids is 1. The Morgan fingerprint density at radius 2 is 2.03 bits per heavy atom. The first kappa shape index (κ1) is 29.3. The Kier molecular flexibility index (Phi) is 10.2. The van der Waals surface area contributed by atoms with Crippen molar-refractivity contribution in [1.82, 2.24) is 20.1 Å². The summed E-state index contributed by atoms with van der Waals surface area (Å²) in [5, 5.41) is 9.37. The van der Waals surface area contributed by atoms with Gasteiger partial charge in [0.1, 0.15) is 0 Å². The van der Waals surface area contributed by atoms with E-state index in [9.17, 15) is 4.79 Å². The molecule has 1 amide bonds. The number of aromatic nitrogens is 2. The van der Waals surface area contributed by atoms with Crippen molar-refractivity contribution < 1.29 is 14.3 Å². The molecule has 2 saturated heterocycles. The lowest BCUT2D eigenvalue weighted by atomic mass is 9.84. The molecule has 3 aliphatic heterocycles. The van der Waals surface area contributed by atoms with Gasteiger partial charge in [-0.3, -0.25) is 12.6 Å². The van der Waals surface area contributed by atoms with Crippen molar-refractivity contribution in [3.8, 4) is 0 Å². The van der Waals surface area contributed by atoms with Crippen molar-refractivity contribution in [3.63, 3.8) is 0 Å². The minimum absolute atomic E-state index is 0.0783. The third kappa shape index (κ3) is 6.72. The fourth-order valence-corrected chi connectivity index (χ4v) is 5.68. The summed E-state index contributed by atoms with van der Waals surface area (Å²) >= 11 is 2.28. The summed E-state index contributed by atoms with van der Waals surface area (Å²) in [7, 11) is 1.77. The standard InChI is InChI=1S/C29H39IN6O3/c1-6-7-8-23(16-32-31-5)21(3)26(24-18-39-19-24)15-20(2)35(30)29-27-17-34(22(4)37)12-9-28(27)36(33-29)25-10-13-38-14-11-25/h6-8,15-16,23-25,31H,1-3,9-14,17-19H2,4-5H3/b8-7+,26-15+,32-16-. The molecule has 0 saturated carbocycles. The van der Waals surface area contributed by atoms with E-state index in [4.69, 9.17) is 14.6 Å². The number of nitrogens with zero attached hydrogens (tertiary/aromatic N) is 5. The molecule has 3 aliphatic rings. The normalized spacial score (nSPS) is 19.6. The Morgan fingerprint density at radius 1 is 1.28 bits per heavy atom. The average Bonchev–Trinajstić information content (AvgIpc) is 3.30. The molecule has 0 spiro atoms. The molecule has 4 heterocycles. The first-order chi connectivity index (χ1) is 18.8. The summed E-state index contributed by atoms with van der Waals surface area (Å²) < 4.78 is 15.4. The highest BCUT2D eigenvalue weighted by molar-refractivity contribution is 14.1. The Labute approximate surface area is 245 Å². The molecule has 1 unspecified atom stereocenters. The van der Waals surface area contributed by atoms with Crippen molar-refractivity contribution in [2.75, 3.05) is 43.1 Å². The molecule has 1 atom stereocenters. The van der Waals surface area contributed by atoms with Crippen molar-refractivity contribution >= 4 is 40.8 Å². The molecule has 9 nitrogen and oxygen atoms in total. The smallest absolute Gasteiger partial charge is 0.219 e. The Bertz CT molecular complexity index is 1180. The zero-order chi connectivity index (χ0) is 27.9. The molecule has 0 aliphatic carbocycles. The number of fused-ring (bicyclic) bond motifs is 1. The van der Waals surface area contributed by atoms with Gasteiger partial charge in [0.25, 0.3) is 0 Å². The van der Waals surface area contributed by atoms with Crippen molar-refractivity contribution in [2.24, 2.45) is 16.9 Å². The molecule has 0 bridgehead atoms. The molecule has 1 aromatic heterocycles. The molecule has 10 heteroatoms. The van der Waals surface area contributed by atoms with Crippen LogP contribution in [0, 0.1) is 11.8 Å². The Hall–Kier alpha value is -2.70.